The summed E-state index contributed by atoms with van der Waals surface area (Å²) >= 11 is 4.30. The van der Waals surface area contributed by atoms with Crippen LogP contribution in [0.4, 0.5) is 105 Å². The monoisotopic (exact) mass is 1070 g/mol. The lowest BCUT2D eigenvalue weighted by Gasteiger charge is -2.46. The standard InChI is InChI=1S/C32H12BF24.C11H10N2S/c34-25(35,36)13-1-14(26(37,38)39)6-21(5-13)33(22-7-15(27(40,41)42)2-16(8-22)28(43,44)45,23-9-17(29(46,47)48)3-18(10-23)30(49,50)51)24-11-19(31(52,53)54)4-20(12-24)32(55,56)57;14-11-3-1-2-10(8-11)9-13-6-4-12-5-7-13/h1-12H;1-8H,9H2/q-1;/p+1. The molecular formula is C43H23BF24N2S. The summed E-state index contributed by atoms with van der Waals surface area (Å²) in [6.45, 7) is 0.858. The van der Waals surface area contributed by atoms with Gasteiger partial charge >= 0.3 is 49.4 Å². The van der Waals surface area contributed by atoms with Gasteiger partial charge in [-0.15, -0.1) is 12.6 Å². The first-order valence-electron chi connectivity index (χ1n) is 19.0. The van der Waals surface area contributed by atoms with E-state index in [0.29, 0.717) is 0 Å². The summed E-state index contributed by atoms with van der Waals surface area (Å²) in [4.78, 5) is 4.97. The van der Waals surface area contributed by atoms with E-state index in [1.54, 1.807) is 12.4 Å². The van der Waals surface area contributed by atoms with Gasteiger partial charge in [-0.25, -0.2) is 0 Å². The van der Waals surface area contributed by atoms with Gasteiger partial charge in [-0.2, -0.15) is 132 Å². The van der Waals surface area contributed by atoms with Crippen molar-refractivity contribution in [1.82, 2.24) is 4.98 Å². The van der Waals surface area contributed by atoms with E-state index < -0.39 is 195 Å². The highest BCUT2D eigenvalue weighted by molar-refractivity contribution is 7.80. The molecule has 6 rings (SSSR count). The zero-order chi connectivity index (χ0) is 53.7. The Morgan fingerprint density at radius 3 is 0.803 bits per heavy atom. The lowest BCUT2D eigenvalue weighted by atomic mass is 9.12. The molecule has 1 heterocycles. The third kappa shape index (κ3) is 13.3. The maximum absolute atomic E-state index is 14.2. The lowest BCUT2D eigenvalue weighted by molar-refractivity contribution is -0.688. The van der Waals surface area contributed by atoms with E-state index in [2.05, 4.69) is 34.3 Å². The zero-order valence-corrected chi connectivity index (χ0v) is 35.1. The van der Waals surface area contributed by atoms with Gasteiger partial charge in [-0.1, -0.05) is 60.7 Å². The maximum atomic E-state index is 14.2. The molecular weight excluding hydrogens is 1040 g/mol. The Labute approximate surface area is 387 Å². The van der Waals surface area contributed by atoms with Crippen molar-refractivity contribution >= 4 is 40.6 Å². The quantitative estimate of drug-likeness (QED) is 0.0761. The number of hydrogen-bond donors (Lipinski definition) is 1. The minimum absolute atomic E-state index is 0.691. The van der Waals surface area contributed by atoms with Crippen LogP contribution in [0.25, 0.3) is 0 Å². The van der Waals surface area contributed by atoms with Crippen molar-refractivity contribution in [3.63, 3.8) is 0 Å². The van der Waals surface area contributed by atoms with Gasteiger partial charge < -0.3 is 0 Å². The first kappa shape index (κ1) is 55.8. The van der Waals surface area contributed by atoms with Gasteiger partial charge in [0, 0.05) is 10.5 Å². The molecule has 6 aromatic rings. The van der Waals surface area contributed by atoms with Crippen LogP contribution in [0.1, 0.15) is 50.1 Å². The summed E-state index contributed by atoms with van der Waals surface area (Å²) in [6, 6.07) is -0.665. The van der Waals surface area contributed by atoms with Crippen molar-refractivity contribution in [3.05, 3.63) is 172 Å². The Bertz CT molecular complexity index is 2420. The molecule has 71 heavy (non-hydrogen) atoms. The highest BCUT2D eigenvalue weighted by Crippen LogP contribution is 2.41. The highest BCUT2D eigenvalue weighted by atomic mass is 32.1. The molecule has 5 aromatic carbocycles. The molecule has 0 aliphatic carbocycles. The summed E-state index contributed by atoms with van der Waals surface area (Å²) in [5.74, 6) is 0. The van der Waals surface area contributed by atoms with E-state index in [9.17, 15) is 105 Å². The Morgan fingerprint density at radius 2 is 0.592 bits per heavy atom. The molecule has 0 saturated heterocycles. The topological polar surface area (TPSA) is 16.8 Å². The Morgan fingerprint density at radius 1 is 0.352 bits per heavy atom. The predicted molar refractivity (Wildman–Crippen MR) is 207 cm³/mol. The van der Waals surface area contributed by atoms with Gasteiger partial charge in [-0.05, 0) is 36.4 Å². The van der Waals surface area contributed by atoms with Crippen LogP contribution < -0.4 is 26.4 Å². The van der Waals surface area contributed by atoms with Crippen LogP contribution in [0, 0.1) is 0 Å². The van der Waals surface area contributed by atoms with Gasteiger partial charge in [0.1, 0.15) is 6.15 Å². The Kier molecular flexibility index (Phi) is 15.1. The molecule has 0 N–H and O–H groups in total. The minimum Gasteiger partial charge on any atom is -0.252 e. The number of alkyl halides is 24. The number of nitrogens with zero attached hydrogens (tertiary/aromatic N) is 2. The van der Waals surface area contributed by atoms with Gasteiger partial charge in [0.25, 0.3) is 0 Å². The second-order valence-corrected chi connectivity index (χ2v) is 15.8. The molecule has 0 unspecified atom stereocenters. The van der Waals surface area contributed by atoms with Crippen LogP contribution in [0.5, 0.6) is 0 Å². The average molecular weight is 1070 g/mol. The summed E-state index contributed by atoms with van der Waals surface area (Å²) in [5, 5.41) is 0. The molecule has 0 spiro atoms. The summed E-state index contributed by atoms with van der Waals surface area (Å²) in [7, 11) is 0. The molecule has 0 bridgehead atoms. The first-order valence-corrected chi connectivity index (χ1v) is 19.5. The summed E-state index contributed by atoms with van der Waals surface area (Å²) < 4.78 is 343. The Hall–Kier alpha value is -6.09. The normalized spacial score (nSPS) is 13.5. The smallest absolute Gasteiger partial charge is 0.252 e. The molecule has 1 aromatic heterocycles. The van der Waals surface area contributed by atoms with Crippen molar-refractivity contribution in [2.24, 2.45) is 0 Å². The predicted octanol–water partition coefficient (Wildman–Crippen LogP) is 12.9. The Balaban J connectivity index is 0.000000569. The SMILES string of the molecule is FC(F)(F)c1cc([B-](c2cc(C(F)(F)F)cc(C(F)(F)F)c2)(c2cc(C(F)(F)F)cc(C(F)(F)F)c2)c2cc(C(F)(F)F)cc(C(F)(F)F)c2)cc(C(F)(F)F)c1.Sc1cccc(C[n+]2ccncc2)c1. The second kappa shape index (κ2) is 19.2. The van der Waals surface area contributed by atoms with Gasteiger partial charge in [0.15, 0.2) is 18.9 Å². The maximum Gasteiger partial charge on any atom is 0.416 e. The molecule has 0 radical (unpaired) electrons. The number of aromatic nitrogens is 2. The van der Waals surface area contributed by atoms with Crippen LogP contribution >= 0.6 is 12.6 Å². The zero-order valence-electron chi connectivity index (χ0n) is 34.2. The third-order valence-corrected chi connectivity index (χ3v) is 10.7. The van der Waals surface area contributed by atoms with Crippen molar-refractivity contribution in [3.8, 4) is 0 Å². The molecule has 0 amide bonds. The molecule has 0 fully saturated rings. The first-order chi connectivity index (χ1) is 32.1. The van der Waals surface area contributed by atoms with E-state index in [4.69, 9.17) is 0 Å². The fraction of sp³-hybridized carbons (Fsp3) is 0.209. The third-order valence-electron chi connectivity index (χ3n) is 10.4. The van der Waals surface area contributed by atoms with Gasteiger partial charge in [0.05, 0.1) is 56.9 Å². The van der Waals surface area contributed by atoms with E-state index >= 15 is 0 Å². The van der Waals surface area contributed by atoms with Crippen molar-refractivity contribution in [1.29, 1.82) is 0 Å². The van der Waals surface area contributed by atoms with Gasteiger partial charge in [0.2, 0.25) is 0 Å². The number of thiol groups is 1. The number of hydrogen-bond acceptors (Lipinski definition) is 2. The van der Waals surface area contributed by atoms with Crippen molar-refractivity contribution in [2.75, 3.05) is 0 Å². The molecule has 0 aliphatic rings. The van der Waals surface area contributed by atoms with Crippen molar-refractivity contribution in [2.45, 2.75) is 60.9 Å². The van der Waals surface area contributed by atoms with Gasteiger partial charge in [-0.3, -0.25) is 4.98 Å². The number of halogens is 24. The molecule has 0 aliphatic heterocycles. The highest BCUT2D eigenvalue weighted by Gasteiger charge is 2.47. The van der Waals surface area contributed by atoms with Crippen LogP contribution in [-0.4, -0.2) is 11.1 Å². The lowest BCUT2D eigenvalue weighted by Crippen LogP contribution is -2.75. The molecule has 382 valence electrons. The molecule has 28 heteroatoms. The molecule has 0 atom stereocenters. The minimum atomic E-state index is -6.13. The second-order valence-electron chi connectivity index (χ2n) is 15.3. The molecule has 0 saturated carbocycles. The fourth-order valence-corrected chi connectivity index (χ4v) is 7.64. The summed E-state index contributed by atoms with van der Waals surface area (Å²) in [5.41, 5.74) is -29.0. The van der Waals surface area contributed by atoms with Crippen molar-refractivity contribution < 1.29 is 110 Å². The average Bonchev–Trinajstić information content (AvgIpc) is 3.22. The van der Waals surface area contributed by atoms with E-state index in [1.807, 2.05) is 24.5 Å². The van der Waals surface area contributed by atoms with E-state index in [-0.39, 0.29) is 0 Å². The number of rotatable bonds is 6. The van der Waals surface area contributed by atoms with Crippen LogP contribution in [0.2, 0.25) is 0 Å². The van der Waals surface area contributed by atoms with Crippen LogP contribution in [0.3, 0.4) is 0 Å². The van der Waals surface area contributed by atoms with E-state index in [1.165, 1.54) is 5.56 Å². The summed E-state index contributed by atoms with van der Waals surface area (Å²) in [6.07, 6.45) is -47.3. The van der Waals surface area contributed by atoms with Crippen LogP contribution in [0.15, 0.2) is 127 Å². The fourth-order valence-electron chi connectivity index (χ4n) is 7.39. The van der Waals surface area contributed by atoms with E-state index in [0.717, 1.165) is 11.4 Å². The van der Waals surface area contributed by atoms with Crippen LogP contribution in [-0.2, 0) is 56.0 Å². The number of benzene rings is 5. The molecule has 2 nitrogen and oxygen atoms in total. The largest absolute Gasteiger partial charge is 0.416 e.